The maximum absolute atomic E-state index is 12.7. The number of rotatable bonds is 3. The number of hydrogen-bond acceptors (Lipinski definition) is 3. The Morgan fingerprint density at radius 3 is 2.63 bits per heavy atom. The first kappa shape index (κ1) is 13.4. The van der Waals surface area contributed by atoms with E-state index >= 15 is 0 Å². The van der Waals surface area contributed by atoms with Crippen LogP contribution in [0.5, 0.6) is 0 Å². The molecule has 108 valence electrons. The van der Waals surface area contributed by atoms with Crippen LogP contribution in [0, 0.1) is 5.92 Å². The second-order valence-corrected chi connectivity index (χ2v) is 6.76. The summed E-state index contributed by atoms with van der Waals surface area (Å²) in [5, 5.41) is 3.53. The highest BCUT2D eigenvalue weighted by Crippen LogP contribution is 2.27. The Balaban J connectivity index is 1.63. The predicted octanol–water partition coefficient (Wildman–Crippen LogP) is 1.07. The molecule has 4 nitrogen and oxygen atoms in total. The zero-order valence-corrected chi connectivity index (χ0v) is 12.3. The molecule has 0 spiro atoms. The van der Waals surface area contributed by atoms with Crippen LogP contribution in [0.1, 0.15) is 39.0 Å². The van der Waals surface area contributed by atoms with Crippen molar-refractivity contribution in [1.82, 2.24) is 15.1 Å². The zero-order chi connectivity index (χ0) is 13.4. The van der Waals surface area contributed by atoms with Crippen molar-refractivity contribution in [2.24, 2.45) is 5.92 Å². The van der Waals surface area contributed by atoms with Crippen LogP contribution in [0.25, 0.3) is 0 Å². The third-order valence-corrected chi connectivity index (χ3v) is 4.95. The van der Waals surface area contributed by atoms with Crippen LogP contribution in [0.15, 0.2) is 0 Å². The molecule has 2 saturated heterocycles. The number of carbonyl (C=O) groups excluding carboxylic acids is 1. The molecule has 1 N–H and O–H groups in total. The van der Waals surface area contributed by atoms with Crippen molar-refractivity contribution in [3.05, 3.63) is 0 Å². The summed E-state index contributed by atoms with van der Waals surface area (Å²) < 4.78 is 0. The first-order valence-corrected chi connectivity index (χ1v) is 7.90. The quantitative estimate of drug-likeness (QED) is 0.829. The molecule has 0 aromatic rings. The molecule has 1 amide bonds. The van der Waals surface area contributed by atoms with E-state index in [1.807, 2.05) is 0 Å². The Morgan fingerprint density at radius 1 is 1.16 bits per heavy atom. The van der Waals surface area contributed by atoms with Crippen molar-refractivity contribution in [2.75, 3.05) is 26.7 Å². The molecule has 3 atom stereocenters. The first-order valence-electron chi connectivity index (χ1n) is 7.90. The highest BCUT2D eigenvalue weighted by Gasteiger charge is 2.38. The standard InChI is InChI=1S/C15H27N3O/c1-11-10-17(2)9-7-14(11)18-8-3-4-13(15(18)19)16-12-5-6-12/h11-14,16H,3-10H2,1-2H3. The smallest absolute Gasteiger partial charge is 0.239 e. The second kappa shape index (κ2) is 5.41. The molecule has 1 aliphatic carbocycles. The van der Waals surface area contributed by atoms with Crippen molar-refractivity contribution in [3.8, 4) is 0 Å². The van der Waals surface area contributed by atoms with E-state index in [0.717, 1.165) is 38.9 Å². The third kappa shape index (κ3) is 2.95. The number of likely N-dealkylation sites (tertiary alicyclic amines) is 2. The van der Waals surface area contributed by atoms with E-state index in [-0.39, 0.29) is 6.04 Å². The van der Waals surface area contributed by atoms with Gasteiger partial charge in [-0.15, -0.1) is 0 Å². The summed E-state index contributed by atoms with van der Waals surface area (Å²) in [4.78, 5) is 17.2. The summed E-state index contributed by atoms with van der Waals surface area (Å²) in [6, 6.07) is 1.20. The number of piperidine rings is 2. The fourth-order valence-corrected chi connectivity index (χ4v) is 3.72. The minimum Gasteiger partial charge on any atom is -0.338 e. The molecular weight excluding hydrogens is 238 g/mol. The molecule has 3 rings (SSSR count). The fourth-order valence-electron chi connectivity index (χ4n) is 3.72. The van der Waals surface area contributed by atoms with Crippen LogP contribution in [-0.2, 0) is 4.79 Å². The zero-order valence-electron chi connectivity index (χ0n) is 12.3. The Labute approximate surface area is 116 Å². The summed E-state index contributed by atoms with van der Waals surface area (Å²) in [6.07, 6.45) is 5.85. The Hall–Kier alpha value is -0.610. The summed E-state index contributed by atoms with van der Waals surface area (Å²) in [5.41, 5.74) is 0. The Morgan fingerprint density at radius 2 is 1.95 bits per heavy atom. The normalized spacial score (nSPS) is 37.7. The van der Waals surface area contributed by atoms with Crippen molar-refractivity contribution < 1.29 is 4.79 Å². The van der Waals surface area contributed by atoms with Crippen LogP contribution >= 0.6 is 0 Å². The van der Waals surface area contributed by atoms with Crippen molar-refractivity contribution in [2.45, 2.75) is 57.2 Å². The average molecular weight is 265 g/mol. The van der Waals surface area contributed by atoms with Crippen molar-refractivity contribution in [3.63, 3.8) is 0 Å². The van der Waals surface area contributed by atoms with Gasteiger partial charge in [-0.25, -0.2) is 0 Å². The van der Waals surface area contributed by atoms with E-state index in [1.165, 1.54) is 12.8 Å². The molecule has 0 radical (unpaired) electrons. The van der Waals surface area contributed by atoms with E-state index in [0.29, 0.717) is 23.9 Å². The van der Waals surface area contributed by atoms with Gasteiger partial charge >= 0.3 is 0 Å². The highest BCUT2D eigenvalue weighted by molar-refractivity contribution is 5.83. The predicted molar refractivity (Wildman–Crippen MR) is 76.0 cm³/mol. The van der Waals surface area contributed by atoms with Crippen LogP contribution in [-0.4, -0.2) is 60.5 Å². The van der Waals surface area contributed by atoms with Gasteiger partial charge in [0.2, 0.25) is 5.91 Å². The monoisotopic (exact) mass is 265 g/mol. The molecule has 3 unspecified atom stereocenters. The largest absolute Gasteiger partial charge is 0.338 e. The number of hydrogen-bond donors (Lipinski definition) is 1. The van der Waals surface area contributed by atoms with Gasteiger partial charge in [0.1, 0.15) is 0 Å². The second-order valence-electron chi connectivity index (χ2n) is 6.76. The molecule has 0 aromatic heterocycles. The number of nitrogens with one attached hydrogen (secondary N) is 1. The maximum atomic E-state index is 12.7. The lowest BCUT2D eigenvalue weighted by Gasteiger charge is -2.45. The Kier molecular flexibility index (Phi) is 3.81. The van der Waals surface area contributed by atoms with Crippen molar-refractivity contribution in [1.29, 1.82) is 0 Å². The number of amides is 1. The molecule has 4 heteroatoms. The van der Waals surface area contributed by atoms with E-state index in [4.69, 9.17) is 0 Å². The van der Waals surface area contributed by atoms with Gasteiger partial charge in [0, 0.05) is 25.2 Å². The maximum Gasteiger partial charge on any atom is 0.239 e. The molecule has 2 heterocycles. The molecule has 3 aliphatic rings. The molecule has 2 aliphatic heterocycles. The van der Waals surface area contributed by atoms with Crippen LogP contribution < -0.4 is 5.32 Å². The van der Waals surface area contributed by atoms with Gasteiger partial charge < -0.3 is 15.1 Å². The van der Waals surface area contributed by atoms with Gasteiger partial charge in [-0.2, -0.15) is 0 Å². The number of nitrogens with zero attached hydrogens (tertiary/aromatic N) is 2. The minimum absolute atomic E-state index is 0.105. The fraction of sp³-hybridized carbons (Fsp3) is 0.933. The van der Waals surface area contributed by atoms with Gasteiger partial charge in [0.05, 0.1) is 6.04 Å². The lowest BCUT2D eigenvalue weighted by atomic mass is 9.90. The van der Waals surface area contributed by atoms with Gasteiger partial charge in [-0.3, -0.25) is 4.79 Å². The van der Waals surface area contributed by atoms with Gasteiger partial charge in [-0.1, -0.05) is 6.92 Å². The van der Waals surface area contributed by atoms with E-state index in [9.17, 15) is 4.79 Å². The van der Waals surface area contributed by atoms with E-state index in [1.54, 1.807) is 0 Å². The van der Waals surface area contributed by atoms with E-state index in [2.05, 4.69) is 29.1 Å². The van der Waals surface area contributed by atoms with Crippen LogP contribution in [0.3, 0.4) is 0 Å². The molecule has 3 fully saturated rings. The third-order valence-electron chi connectivity index (χ3n) is 4.95. The molecule has 0 bridgehead atoms. The molecule has 19 heavy (non-hydrogen) atoms. The molecule has 0 aromatic carbocycles. The number of carbonyl (C=O) groups is 1. The van der Waals surface area contributed by atoms with Gasteiger partial charge in [0.15, 0.2) is 0 Å². The lowest BCUT2D eigenvalue weighted by Crippen LogP contribution is -2.58. The first-order chi connectivity index (χ1) is 9.15. The van der Waals surface area contributed by atoms with Crippen LogP contribution in [0.2, 0.25) is 0 Å². The van der Waals surface area contributed by atoms with Crippen LogP contribution in [0.4, 0.5) is 0 Å². The minimum atomic E-state index is 0.105. The topological polar surface area (TPSA) is 35.6 Å². The average Bonchev–Trinajstić information content (AvgIpc) is 3.17. The molecule has 1 saturated carbocycles. The highest BCUT2D eigenvalue weighted by atomic mass is 16.2. The van der Waals surface area contributed by atoms with Gasteiger partial charge in [-0.05, 0) is 51.6 Å². The van der Waals surface area contributed by atoms with Gasteiger partial charge in [0.25, 0.3) is 0 Å². The summed E-state index contributed by atoms with van der Waals surface area (Å²) in [6.45, 7) is 5.51. The summed E-state index contributed by atoms with van der Waals surface area (Å²) in [7, 11) is 2.18. The van der Waals surface area contributed by atoms with Crippen molar-refractivity contribution >= 4 is 5.91 Å². The summed E-state index contributed by atoms with van der Waals surface area (Å²) >= 11 is 0. The lowest BCUT2D eigenvalue weighted by molar-refractivity contribution is -0.141. The SMILES string of the molecule is CC1CN(C)CCC1N1CCCC(NC2CC2)C1=O. The molecular formula is C15H27N3O. The Bertz CT molecular complexity index is 342. The summed E-state index contributed by atoms with van der Waals surface area (Å²) in [5.74, 6) is 0.974. The van der Waals surface area contributed by atoms with E-state index < -0.39 is 0 Å².